The first-order valence-electron chi connectivity index (χ1n) is 8.86. The molecule has 1 N–H and O–H groups in total. The fraction of sp³-hybridized carbons (Fsp3) is 0.941. The van der Waals surface area contributed by atoms with Crippen LogP contribution in [-0.4, -0.2) is 64.0 Å². The third-order valence-electron chi connectivity index (χ3n) is 5.69. The van der Waals surface area contributed by atoms with Crippen molar-refractivity contribution < 1.29 is 9.47 Å². The van der Waals surface area contributed by atoms with Crippen molar-refractivity contribution in [2.24, 2.45) is 22.7 Å². The Kier molecular flexibility index (Phi) is 5.58. The van der Waals surface area contributed by atoms with E-state index in [0.29, 0.717) is 6.61 Å². The fourth-order valence-corrected chi connectivity index (χ4v) is 4.63. The van der Waals surface area contributed by atoms with Crippen molar-refractivity contribution in [3.05, 3.63) is 0 Å². The molecule has 4 atom stereocenters. The standard InChI is InChI=1S/C17H31N3O2/c1-18-17(20-7-8-22-16(11-20)12-21-2)19-6-5-15-10-13-3-4-14(15)9-13/h13-16H,3-12H2,1-2H3,(H,18,19). The number of fused-ring (bicyclic) bond motifs is 2. The highest BCUT2D eigenvalue weighted by atomic mass is 16.5. The zero-order chi connectivity index (χ0) is 15.4. The van der Waals surface area contributed by atoms with Crippen LogP contribution in [0.15, 0.2) is 4.99 Å². The molecule has 0 radical (unpaired) electrons. The van der Waals surface area contributed by atoms with Gasteiger partial charge in [0.05, 0.1) is 19.3 Å². The Hall–Kier alpha value is -0.810. The normalized spacial score (nSPS) is 35.2. The molecule has 2 bridgehead atoms. The summed E-state index contributed by atoms with van der Waals surface area (Å²) in [4.78, 5) is 6.75. The van der Waals surface area contributed by atoms with E-state index in [4.69, 9.17) is 9.47 Å². The zero-order valence-electron chi connectivity index (χ0n) is 14.1. The average Bonchev–Trinajstić information content (AvgIpc) is 3.15. The predicted octanol–water partition coefficient (Wildman–Crippen LogP) is 1.74. The summed E-state index contributed by atoms with van der Waals surface area (Å²) in [5, 5.41) is 3.57. The molecule has 22 heavy (non-hydrogen) atoms. The summed E-state index contributed by atoms with van der Waals surface area (Å²) >= 11 is 0. The topological polar surface area (TPSA) is 46.1 Å². The monoisotopic (exact) mass is 309 g/mol. The Balaban J connectivity index is 1.42. The molecule has 4 unspecified atom stereocenters. The van der Waals surface area contributed by atoms with Crippen molar-refractivity contribution in [3.63, 3.8) is 0 Å². The van der Waals surface area contributed by atoms with Crippen LogP contribution in [0, 0.1) is 17.8 Å². The van der Waals surface area contributed by atoms with Gasteiger partial charge in [0.25, 0.3) is 0 Å². The van der Waals surface area contributed by atoms with E-state index in [0.717, 1.165) is 50.0 Å². The van der Waals surface area contributed by atoms with Crippen molar-refractivity contribution >= 4 is 5.96 Å². The van der Waals surface area contributed by atoms with Gasteiger partial charge in [-0.05, 0) is 43.4 Å². The highest BCUT2D eigenvalue weighted by molar-refractivity contribution is 5.80. The summed E-state index contributed by atoms with van der Waals surface area (Å²) < 4.78 is 10.9. The van der Waals surface area contributed by atoms with Crippen LogP contribution < -0.4 is 5.32 Å². The summed E-state index contributed by atoms with van der Waals surface area (Å²) in [6.45, 7) is 4.22. The Bertz CT molecular complexity index is 386. The first-order valence-corrected chi connectivity index (χ1v) is 8.86. The summed E-state index contributed by atoms with van der Waals surface area (Å²) in [7, 11) is 3.60. The zero-order valence-corrected chi connectivity index (χ0v) is 14.1. The summed E-state index contributed by atoms with van der Waals surface area (Å²) in [5.74, 6) is 4.04. The van der Waals surface area contributed by atoms with E-state index < -0.39 is 0 Å². The van der Waals surface area contributed by atoms with Crippen LogP contribution >= 0.6 is 0 Å². The van der Waals surface area contributed by atoms with Gasteiger partial charge >= 0.3 is 0 Å². The van der Waals surface area contributed by atoms with E-state index in [-0.39, 0.29) is 6.10 Å². The van der Waals surface area contributed by atoms with Gasteiger partial charge in [0.1, 0.15) is 0 Å². The molecular weight excluding hydrogens is 278 g/mol. The molecule has 1 aliphatic heterocycles. The summed E-state index contributed by atoms with van der Waals surface area (Å²) in [6.07, 6.45) is 7.39. The lowest BCUT2D eigenvalue weighted by Gasteiger charge is -2.35. The van der Waals surface area contributed by atoms with E-state index in [1.165, 1.54) is 32.1 Å². The first-order chi connectivity index (χ1) is 10.8. The van der Waals surface area contributed by atoms with Gasteiger partial charge in [0, 0.05) is 33.8 Å². The van der Waals surface area contributed by atoms with Crippen LogP contribution in [0.1, 0.15) is 32.1 Å². The molecule has 5 nitrogen and oxygen atoms in total. The molecule has 0 amide bonds. The maximum atomic E-state index is 5.71. The van der Waals surface area contributed by atoms with Crippen LogP contribution in [0.2, 0.25) is 0 Å². The lowest BCUT2D eigenvalue weighted by atomic mass is 9.86. The van der Waals surface area contributed by atoms with E-state index in [1.807, 2.05) is 7.05 Å². The molecule has 3 aliphatic rings. The Morgan fingerprint density at radius 2 is 2.27 bits per heavy atom. The number of rotatable bonds is 5. The Morgan fingerprint density at radius 3 is 2.95 bits per heavy atom. The highest BCUT2D eigenvalue weighted by Crippen LogP contribution is 2.49. The largest absolute Gasteiger partial charge is 0.382 e. The SMILES string of the molecule is CN=C(NCCC1CC2CCC1C2)N1CCOC(COC)C1. The second kappa shape index (κ2) is 7.64. The number of hydrogen-bond donors (Lipinski definition) is 1. The summed E-state index contributed by atoms with van der Waals surface area (Å²) in [5.41, 5.74) is 0. The quantitative estimate of drug-likeness (QED) is 0.621. The summed E-state index contributed by atoms with van der Waals surface area (Å²) in [6, 6.07) is 0. The number of aliphatic imine (C=N–C) groups is 1. The van der Waals surface area contributed by atoms with Gasteiger partial charge < -0.3 is 19.7 Å². The lowest BCUT2D eigenvalue weighted by Crippen LogP contribution is -2.51. The number of ether oxygens (including phenoxy) is 2. The van der Waals surface area contributed by atoms with Crippen LogP contribution in [0.5, 0.6) is 0 Å². The van der Waals surface area contributed by atoms with Gasteiger partial charge in [-0.25, -0.2) is 0 Å². The molecule has 0 spiro atoms. The highest BCUT2D eigenvalue weighted by Gasteiger charge is 2.38. The first kappa shape index (κ1) is 16.1. The molecule has 1 saturated heterocycles. The predicted molar refractivity (Wildman–Crippen MR) is 88.1 cm³/mol. The number of nitrogens with zero attached hydrogens (tertiary/aromatic N) is 2. The van der Waals surface area contributed by atoms with E-state index in [2.05, 4.69) is 15.2 Å². The number of guanidine groups is 1. The van der Waals surface area contributed by atoms with Crippen LogP contribution in [0.4, 0.5) is 0 Å². The molecule has 2 aliphatic carbocycles. The minimum absolute atomic E-state index is 0.155. The minimum atomic E-state index is 0.155. The second-order valence-corrected chi connectivity index (χ2v) is 7.09. The van der Waals surface area contributed by atoms with Gasteiger partial charge in [0.2, 0.25) is 0 Å². The van der Waals surface area contributed by atoms with Crippen molar-refractivity contribution in [3.8, 4) is 0 Å². The number of nitrogens with one attached hydrogen (secondary N) is 1. The van der Waals surface area contributed by atoms with Crippen molar-refractivity contribution in [1.29, 1.82) is 0 Å². The fourth-order valence-electron chi connectivity index (χ4n) is 4.63. The van der Waals surface area contributed by atoms with E-state index >= 15 is 0 Å². The molecule has 126 valence electrons. The molecule has 0 aromatic rings. The van der Waals surface area contributed by atoms with Crippen LogP contribution in [-0.2, 0) is 9.47 Å². The van der Waals surface area contributed by atoms with E-state index in [9.17, 15) is 0 Å². The number of methoxy groups -OCH3 is 1. The van der Waals surface area contributed by atoms with Gasteiger partial charge in [-0.15, -0.1) is 0 Å². The second-order valence-electron chi connectivity index (χ2n) is 7.09. The molecule has 3 rings (SSSR count). The third kappa shape index (κ3) is 3.74. The van der Waals surface area contributed by atoms with Gasteiger partial charge in [-0.1, -0.05) is 6.42 Å². The lowest BCUT2D eigenvalue weighted by molar-refractivity contribution is -0.0447. The van der Waals surface area contributed by atoms with Gasteiger partial charge in [-0.3, -0.25) is 4.99 Å². The van der Waals surface area contributed by atoms with Crippen molar-refractivity contribution in [2.45, 2.75) is 38.2 Å². The number of hydrogen-bond acceptors (Lipinski definition) is 3. The molecule has 5 heteroatoms. The molecule has 2 saturated carbocycles. The average molecular weight is 309 g/mol. The molecular formula is C17H31N3O2. The Labute approximate surface area is 134 Å². The molecule has 0 aromatic carbocycles. The molecule has 3 fully saturated rings. The minimum Gasteiger partial charge on any atom is -0.382 e. The third-order valence-corrected chi connectivity index (χ3v) is 5.69. The number of morpholine rings is 1. The van der Waals surface area contributed by atoms with E-state index in [1.54, 1.807) is 7.11 Å². The Morgan fingerprint density at radius 1 is 1.36 bits per heavy atom. The smallest absolute Gasteiger partial charge is 0.193 e. The van der Waals surface area contributed by atoms with Crippen LogP contribution in [0.3, 0.4) is 0 Å². The van der Waals surface area contributed by atoms with Crippen molar-refractivity contribution in [2.75, 3.05) is 47.0 Å². The maximum Gasteiger partial charge on any atom is 0.193 e. The van der Waals surface area contributed by atoms with Gasteiger partial charge in [0.15, 0.2) is 5.96 Å². The van der Waals surface area contributed by atoms with Crippen molar-refractivity contribution in [1.82, 2.24) is 10.2 Å². The maximum absolute atomic E-state index is 5.71. The molecule has 0 aromatic heterocycles. The van der Waals surface area contributed by atoms with Crippen LogP contribution in [0.25, 0.3) is 0 Å². The van der Waals surface area contributed by atoms with Gasteiger partial charge in [-0.2, -0.15) is 0 Å². The molecule has 1 heterocycles.